The van der Waals surface area contributed by atoms with E-state index in [4.69, 9.17) is 9.15 Å². The molecule has 0 unspecified atom stereocenters. The Kier molecular flexibility index (Phi) is 7.33. The molecule has 0 radical (unpaired) electrons. The molecule has 53 heavy (non-hydrogen) atoms. The third-order valence-corrected chi connectivity index (χ3v) is 10.3. The van der Waals surface area contributed by atoms with Gasteiger partial charge in [-0.25, -0.2) is 0 Å². The lowest BCUT2D eigenvalue weighted by atomic mass is 9.96. The molecule has 4 heteroatoms. The van der Waals surface area contributed by atoms with Crippen molar-refractivity contribution in [2.24, 2.45) is 0 Å². The summed E-state index contributed by atoms with van der Waals surface area (Å²) < 4.78 is 12.2. The zero-order chi connectivity index (χ0) is 35.3. The minimum atomic E-state index is 0.823. The first-order chi connectivity index (χ1) is 26.2. The van der Waals surface area contributed by atoms with Crippen LogP contribution in [-0.4, -0.2) is 7.11 Å². The van der Waals surface area contributed by atoms with Gasteiger partial charge in [0.05, 0.1) is 7.11 Å². The van der Waals surface area contributed by atoms with Crippen LogP contribution in [0.15, 0.2) is 192 Å². The molecule has 252 valence electrons. The molecular formula is C49H34N2O2. The molecule has 4 nitrogen and oxygen atoms in total. The highest BCUT2D eigenvalue weighted by molar-refractivity contribution is 6.30. The van der Waals surface area contributed by atoms with Crippen molar-refractivity contribution in [2.75, 3.05) is 16.9 Å². The number of hydrogen-bond donors (Lipinski definition) is 0. The smallest absolute Gasteiger partial charge is 0.143 e. The molecule has 0 atom stereocenters. The number of rotatable bonds is 7. The minimum Gasteiger partial charge on any atom is -0.497 e. The summed E-state index contributed by atoms with van der Waals surface area (Å²) in [7, 11) is 1.70. The fourth-order valence-corrected chi connectivity index (χ4v) is 7.80. The van der Waals surface area contributed by atoms with E-state index in [2.05, 4.69) is 180 Å². The highest BCUT2D eigenvalue weighted by atomic mass is 16.5. The Morgan fingerprint density at radius 2 is 0.887 bits per heavy atom. The van der Waals surface area contributed by atoms with Crippen LogP contribution in [0, 0.1) is 0 Å². The second-order valence-corrected chi connectivity index (χ2v) is 13.3. The standard InChI is InChI=1S/C49H34N2O2/c1-52-41-28-25-38(26-29-41)51(39-20-19-33-11-5-6-12-34(33)31-39)37-23-21-36(22-24-37)50(35-13-3-2-4-14-35)40-27-30-43-42-15-7-8-16-44(42)48-45-17-9-10-18-47(45)53-49(48)46(43)32-40/h2-32H,1H3. The molecule has 1 heterocycles. The van der Waals surface area contributed by atoms with Gasteiger partial charge in [0.2, 0.25) is 0 Å². The number of benzene rings is 9. The third kappa shape index (κ3) is 5.23. The van der Waals surface area contributed by atoms with Crippen molar-refractivity contribution < 1.29 is 9.15 Å². The predicted molar refractivity (Wildman–Crippen MR) is 222 cm³/mol. The maximum Gasteiger partial charge on any atom is 0.143 e. The van der Waals surface area contributed by atoms with E-state index < -0.39 is 0 Å². The Bertz CT molecular complexity index is 2930. The lowest BCUT2D eigenvalue weighted by molar-refractivity contribution is 0.415. The molecule has 10 rings (SSSR count). The van der Waals surface area contributed by atoms with Crippen LogP contribution in [-0.2, 0) is 0 Å². The lowest BCUT2D eigenvalue weighted by Crippen LogP contribution is -2.12. The van der Waals surface area contributed by atoms with E-state index in [1.165, 1.54) is 26.9 Å². The van der Waals surface area contributed by atoms with Gasteiger partial charge in [-0.1, -0.05) is 97.1 Å². The number of para-hydroxylation sites is 2. The normalized spacial score (nSPS) is 11.5. The first kappa shape index (κ1) is 30.8. The SMILES string of the molecule is COc1ccc(N(c2ccc(N(c3ccccc3)c3ccc4c5ccccc5c5c6ccccc6oc5c4c3)cc2)c2ccc3ccccc3c2)cc1. The highest BCUT2D eigenvalue weighted by Gasteiger charge is 2.20. The van der Waals surface area contributed by atoms with Crippen LogP contribution >= 0.6 is 0 Å². The second-order valence-electron chi connectivity index (χ2n) is 13.3. The number of nitrogens with zero attached hydrogens (tertiary/aromatic N) is 2. The van der Waals surface area contributed by atoms with Crippen molar-refractivity contribution in [3.05, 3.63) is 188 Å². The monoisotopic (exact) mass is 682 g/mol. The summed E-state index contributed by atoms with van der Waals surface area (Å²) in [5, 5.41) is 9.38. The summed E-state index contributed by atoms with van der Waals surface area (Å²) in [6.07, 6.45) is 0. The number of ether oxygens (including phenoxy) is 1. The fraction of sp³-hybridized carbons (Fsp3) is 0.0204. The summed E-state index contributed by atoms with van der Waals surface area (Å²) in [5.74, 6) is 0.823. The maximum atomic E-state index is 6.66. The molecular weight excluding hydrogens is 649 g/mol. The van der Waals surface area contributed by atoms with Gasteiger partial charge in [0.1, 0.15) is 16.9 Å². The Morgan fingerprint density at radius 3 is 1.60 bits per heavy atom. The van der Waals surface area contributed by atoms with Crippen molar-refractivity contribution in [3.8, 4) is 5.75 Å². The second kappa shape index (κ2) is 12.6. The maximum absolute atomic E-state index is 6.66. The lowest BCUT2D eigenvalue weighted by Gasteiger charge is -2.28. The minimum absolute atomic E-state index is 0.823. The van der Waals surface area contributed by atoms with Gasteiger partial charge in [0.25, 0.3) is 0 Å². The van der Waals surface area contributed by atoms with Gasteiger partial charge in [0.15, 0.2) is 0 Å². The Labute approximate surface area is 307 Å². The fourth-order valence-electron chi connectivity index (χ4n) is 7.80. The molecule has 0 aliphatic carbocycles. The number of furan rings is 1. The summed E-state index contributed by atoms with van der Waals surface area (Å²) in [6.45, 7) is 0. The molecule has 9 aromatic carbocycles. The zero-order valence-electron chi connectivity index (χ0n) is 29.1. The van der Waals surface area contributed by atoms with E-state index in [1.807, 2.05) is 18.2 Å². The van der Waals surface area contributed by atoms with Crippen LogP contribution in [0.2, 0.25) is 0 Å². The topological polar surface area (TPSA) is 28.9 Å². The van der Waals surface area contributed by atoms with Crippen LogP contribution in [0.25, 0.3) is 54.3 Å². The van der Waals surface area contributed by atoms with Gasteiger partial charge in [-0.05, 0) is 118 Å². The third-order valence-electron chi connectivity index (χ3n) is 10.3. The van der Waals surface area contributed by atoms with Crippen molar-refractivity contribution in [3.63, 3.8) is 0 Å². The molecule has 0 bridgehead atoms. The van der Waals surface area contributed by atoms with E-state index in [9.17, 15) is 0 Å². The first-order valence-corrected chi connectivity index (χ1v) is 17.9. The van der Waals surface area contributed by atoms with Crippen LogP contribution < -0.4 is 14.5 Å². The molecule has 0 saturated heterocycles. The average Bonchev–Trinajstić information content (AvgIpc) is 3.63. The van der Waals surface area contributed by atoms with E-state index in [0.717, 1.165) is 67.2 Å². The van der Waals surface area contributed by atoms with Crippen molar-refractivity contribution in [2.45, 2.75) is 0 Å². The molecule has 0 aliphatic rings. The van der Waals surface area contributed by atoms with Crippen LogP contribution in [0.3, 0.4) is 0 Å². The van der Waals surface area contributed by atoms with Crippen LogP contribution in [0.4, 0.5) is 34.1 Å². The summed E-state index contributed by atoms with van der Waals surface area (Å²) in [6, 6.07) is 66.5. The molecule has 0 aliphatic heterocycles. The van der Waals surface area contributed by atoms with E-state index in [-0.39, 0.29) is 0 Å². The quantitative estimate of drug-likeness (QED) is 0.156. The summed E-state index contributed by atoms with van der Waals surface area (Å²) in [5.41, 5.74) is 8.16. The molecule has 0 saturated carbocycles. The van der Waals surface area contributed by atoms with Gasteiger partial charge in [0, 0.05) is 50.3 Å². The summed E-state index contributed by atoms with van der Waals surface area (Å²) in [4.78, 5) is 4.61. The zero-order valence-corrected chi connectivity index (χ0v) is 29.1. The highest BCUT2D eigenvalue weighted by Crippen LogP contribution is 2.45. The Hall–Kier alpha value is -7.04. The first-order valence-electron chi connectivity index (χ1n) is 17.9. The Morgan fingerprint density at radius 1 is 0.377 bits per heavy atom. The molecule has 0 spiro atoms. The van der Waals surface area contributed by atoms with Crippen molar-refractivity contribution in [1.29, 1.82) is 0 Å². The molecule has 0 N–H and O–H groups in total. The number of hydrogen-bond acceptors (Lipinski definition) is 4. The van der Waals surface area contributed by atoms with Gasteiger partial charge in [-0.2, -0.15) is 0 Å². The van der Waals surface area contributed by atoms with Gasteiger partial charge in [-0.3, -0.25) is 0 Å². The van der Waals surface area contributed by atoms with Crippen molar-refractivity contribution in [1.82, 2.24) is 0 Å². The summed E-state index contributed by atoms with van der Waals surface area (Å²) >= 11 is 0. The van der Waals surface area contributed by atoms with E-state index in [0.29, 0.717) is 0 Å². The predicted octanol–water partition coefficient (Wildman–Crippen LogP) is 14.0. The van der Waals surface area contributed by atoms with Crippen LogP contribution in [0.1, 0.15) is 0 Å². The molecule has 0 amide bonds. The average molecular weight is 683 g/mol. The van der Waals surface area contributed by atoms with E-state index >= 15 is 0 Å². The van der Waals surface area contributed by atoms with E-state index in [1.54, 1.807) is 7.11 Å². The number of anilines is 6. The molecule has 10 aromatic rings. The van der Waals surface area contributed by atoms with Gasteiger partial charge in [-0.15, -0.1) is 0 Å². The molecule has 1 aromatic heterocycles. The van der Waals surface area contributed by atoms with Gasteiger partial charge >= 0.3 is 0 Å². The number of methoxy groups -OCH3 is 1. The van der Waals surface area contributed by atoms with Crippen molar-refractivity contribution >= 4 is 88.4 Å². The largest absolute Gasteiger partial charge is 0.497 e. The van der Waals surface area contributed by atoms with Gasteiger partial charge < -0.3 is 19.0 Å². The molecule has 0 fully saturated rings. The number of fused-ring (bicyclic) bond motifs is 9. The van der Waals surface area contributed by atoms with Crippen LogP contribution in [0.5, 0.6) is 5.75 Å². The Balaban J connectivity index is 1.13.